The molecule has 0 unspecified atom stereocenters. The second-order valence-corrected chi connectivity index (χ2v) is 4.00. The van der Waals surface area contributed by atoms with Crippen molar-refractivity contribution in [2.24, 2.45) is 0 Å². The Bertz CT molecular complexity index is 507. The van der Waals surface area contributed by atoms with Crippen LogP contribution in [0.25, 0.3) is 0 Å². The fraction of sp³-hybridized carbons (Fsp3) is 0.333. The fourth-order valence-electron chi connectivity index (χ4n) is 0.984. The summed E-state index contributed by atoms with van der Waals surface area (Å²) in [6, 6.07) is 3.64. The van der Waals surface area contributed by atoms with E-state index >= 15 is 0 Å². The molecular formula is C9H12O4S. The summed E-state index contributed by atoms with van der Waals surface area (Å²) in [5.74, 6) is 0.495. The highest BCUT2D eigenvalue weighted by atomic mass is 32.2. The van der Waals surface area contributed by atoms with Crippen LogP contribution in [-0.2, 0) is 9.84 Å². The zero-order valence-corrected chi connectivity index (χ0v) is 8.59. The first-order valence-electron chi connectivity index (χ1n) is 5.20. The van der Waals surface area contributed by atoms with Gasteiger partial charge in [-0.05, 0) is 12.1 Å². The zero-order valence-electron chi connectivity index (χ0n) is 10.8. The van der Waals surface area contributed by atoms with Gasteiger partial charge in [0.05, 0.1) is 19.1 Å². The summed E-state index contributed by atoms with van der Waals surface area (Å²) in [6.07, 6.45) is -3.09. The van der Waals surface area contributed by atoms with Crippen LogP contribution < -0.4 is 9.47 Å². The van der Waals surface area contributed by atoms with Gasteiger partial charge < -0.3 is 9.47 Å². The highest BCUT2D eigenvalue weighted by molar-refractivity contribution is 7.90. The Morgan fingerprint density at radius 3 is 2.50 bits per heavy atom. The Labute approximate surface area is 87.6 Å². The van der Waals surface area contributed by atoms with Crippen LogP contribution in [0.4, 0.5) is 0 Å². The molecule has 78 valence electrons. The van der Waals surface area contributed by atoms with Crippen LogP contribution in [0.2, 0.25) is 0 Å². The van der Waals surface area contributed by atoms with Gasteiger partial charge in [-0.2, -0.15) is 0 Å². The number of hydrogen-bond acceptors (Lipinski definition) is 4. The first-order valence-corrected chi connectivity index (χ1v) is 5.19. The minimum atomic E-state index is -4.37. The van der Waals surface area contributed by atoms with Gasteiger partial charge in [-0.3, -0.25) is 0 Å². The normalized spacial score (nSPS) is 15.1. The van der Waals surface area contributed by atoms with Gasteiger partial charge in [0, 0.05) is 16.4 Å². The van der Waals surface area contributed by atoms with E-state index in [1.165, 1.54) is 26.4 Å². The molecule has 0 saturated heterocycles. The lowest BCUT2D eigenvalue weighted by atomic mass is 10.3. The van der Waals surface area contributed by atoms with Gasteiger partial charge in [-0.15, -0.1) is 0 Å². The molecule has 1 aromatic rings. The highest BCUT2D eigenvalue weighted by Crippen LogP contribution is 2.29. The van der Waals surface area contributed by atoms with Gasteiger partial charge in [-0.25, -0.2) is 8.42 Å². The highest BCUT2D eigenvalue weighted by Gasteiger charge is 2.11. The molecule has 0 aliphatic rings. The zero-order chi connectivity index (χ0) is 13.3. The smallest absolute Gasteiger partial charge is 0.175 e. The second-order valence-electron chi connectivity index (χ2n) is 2.52. The molecule has 5 heteroatoms. The molecule has 0 saturated carbocycles. The third kappa shape index (κ3) is 2.17. The molecule has 0 aliphatic heterocycles. The Morgan fingerprint density at radius 1 is 1.36 bits per heavy atom. The van der Waals surface area contributed by atoms with Crippen molar-refractivity contribution >= 4 is 9.84 Å². The largest absolute Gasteiger partial charge is 0.493 e. The summed E-state index contributed by atoms with van der Waals surface area (Å²) >= 11 is 0. The van der Waals surface area contributed by atoms with E-state index in [0.717, 1.165) is 6.07 Å². The van der Waals surface area contributed by atoms with E-state index in [4.69, 9.17) is 13.6 Å². The van der Waals surface area contributed by atoms with Crippen molar-refractivity contribution in [2.45, 2.75) is 4.90 Å². The standard InChI is InChI=1S/C9H12O4S/c1-12-8-5-4-7(14(3,10)11)6-9(8)13-2/h4-6H,1-3H3/i3D2H. The molecule has 0 radical (unpaired) electrons. The van der Waals surface area contributed by atoms with Crippen molar-refractivity contribution < 1.29 is 22.0 Å². The fourth-order valence-corrected chi connectivity index (χ4v) is 1.49. The van der Waals surface area contributed by atoms with Crippen LogP contribution in [0.3, 0.4) is 0 Å². The van der Waals surface area contributed by atoms with E-state index in [2.05, 4.69) is 0 Å². The number of ether oxygens (including phenoxy) is 2. The summed E-state index contributed by atoms with van der Waals surface area (Å²) in [7, 11) is -1.63. The van der Waals surface area contributed by atoms with Crippen molar-refractivity contribution in [3.8, 4) is 11.5 Å². The van der Waals surface area contributed by atoms with Gasteiger partial charge in [0.15, 0.2) is 21.3 Å². The van der Waals surface area contributed by atoms with Gasteiger partial charge in [-0.1, -0.05) is 0 Å². The molecule has 0 bridgehead atoms. The maximum Gasteiger partial charge on any atom is 0.175 e. The Hall–Kier alpha value is -1.23. The summed E-state index contributed by atoms with van der Waals surface area (Å²) in [6.45, 7) is 0. The average molecular weight is 218 g/mol. The number of benzene rings is 1. The van der Waals surface area contributed by atoms with E-state index in [9.17, 15) is 8.42 Å². The first kappa shape index (κ1) is 7.11. The molecule has 0 aromatic heterocycles. The molecule has 0 atom stereocenters. The van der Waals surface area contributed by atoms with Crippen LogP contribution in [-0.4, -0.2) is 28.8 Å². The summed E-state index contributed by atoms with van der Waals surface area (Å²) in [5.41, 5.74) is 0. The Balaban J connectivity index is 3.36. The number of rotatable bonds is 3. The Kier molecular flexibility index (Phi) is 1.97. The molecule has 1 aromatic carbocycles. The van der Waals surface area contributed by atoms with Crippen LogP contribution >= 0.6 is 0 Å². The molecule has 0 spiro atoms. The first-order chi connectivity index (χ1) is 7.74. The molecule has 0 amide bonds. The van der Waals surface area contributed by atoms with E-state index < -0.39 is 16.0 Å². The molecule has 0 aliphatic carbocycles. The van der Waals surface area contributed by atoms with Gasteiger partial charge in [0.25, 0.3) is 0 Å². The maximum absolute atomic E-state index is 11.7. The molecular weight excluding hydrogens is 204 g/mol. The van der Waals surface area contributed by atoms with Gasteiger partial charge in [0.2, 0.25) is 0 Å². The third-order valence-electron chi connectivity index (χ3n) is 1.67. The quantitative estimate of drug-likeness (QED) is 0.762. The van der Waals surface area contributed by atoms with E-state index in [-0.39, 0.29) is 10.6 Å². The molecule has 0 heterocycles. The lowest BCUT2D eigenvalue weighted by molar-refractivity contribution is 0.354. The summed E-state index contributed by atoms with van der Waals surface area (Å²) < 4.78 is 54.1. The predicted octanol–water partition coefficient (Wildman–Crippen LogP) is 1.11. The monoisotopic (exact) mass is 218 g/mol. The van der Waals surface area contributed by atoms with Gasteiger partial charge >= 0.3 is 0 Å². The lowest BCUT2D eigenvalue weighted by Gasteiger charge is -2.08. The molecule has 1 rings (SSSR count). The van der Waals surface area contributed by atoms with Crippen LogP contribution in [0.15, 0.2) is 23.1 Å². The minimum absolute atomic E-state index is 0.165. The third-order valence-corrected chi connectivity index (χ3v) is 2.54. The topological polar surface area (TPSA) is 52.6 Å². The number of hydrogen-bond donors (Lipinski definition) is 0. The SMILES string of the molecule is [1H]C([2H])([2H])S(=O)(=O)c1ccc(OC)c(OC)c1. The molecule has 0 fully saturated rings. The molecule has 4 nitrogen and oxygen atoms in total. The van der Waals surface area contributed by atoms with Crippen molar-refractivity contribution in [3.05, 3.63) is 18.2 Å². The van der Waals surface area contributed by atoms with Crippen LogP contribution in [0.5, 0.6) is 11.5 Å². The van der Waals surface area contributed by atoms with Crippen molar-refractivity contribution in [3.63, 3.8) is 0 Å². The lowest BCUT2D eigenvalue weighted by Crippen LogP contribution is -1.98. The summed E-state index contributed by atoms with van der Waals surface area (Å²) in [4.78, 5) is -0.324. The summed E-state index contributed by atoms with van der Waals surface area (Å²) in [5, 5.41) is 0. The van der Waals surface area contributed by atoms with E-state index in [1.54, 1.807) is 0 Å². The van der Waals surface area contributed by atoms with Crippen molar-refractivity contribution in [1.29, 1.82) is 0 Å². The van der Waals surface area contributed by atoms with E-state index in [1.807, 2.05) is 0 Å². The predicted molar refractivity (Wildman–Crippen MR) is 52.7 cm³/mol. The number of sulfone groups is 1. The van der Waals surface area contributed by atoms with Gasteiger partial charge in [0.1, 0.15) is 0 Å². The van der Waals surface area contributed by atoms with Crippen LogP contribution in [0, 0.1) is 0 Å². The molecule has 0 N–H and O–H groups in total. The average Bonchev–Trinajstić information content (AvgIpc) is 2.26. The molecule has 14 heavy (non-hydrogen) atoms. The minimum Gasteiger partial charge on any atom is -0.493 e. The second kappa shape index (κ2) is 3.88. The Morgan fingerprint density at radius 2 is 2.00 bits per heavy atom. The van der Waals surface area contributed by atoms with Crippen molar-refractivity contribution in [1.82, 2.24) is 0 Å². The van der Waals surface area contributed by atoms with Crippen LogP contribution in [0.1, 0.15) is 4.11 Å². The maximum atomic E-state index is 11.7. The van der Waals surface area contributed by atoms with E-state index in [0.29, 0.717) is 5.75 Å². The number of methoxy groups -OCH3 is 2. The van der Waals surface area contributed by atoms with Crippen molar-refractivity contribution in [2.75, 3.05) is 20.4 Å².